The fourth-order valence-corrected chi connectivity index (χ4v) is 3.40. The molecular weight excluding hydrogens is 372 g/mol. The van der Waals surface area contributed by atoms with Gasteiger partial charge in [0.25, 0.3) is 0 Å². The van der Waals surface area contributed by atoms with Gasteiger partial charge in [-0.25, -0.2) is 9.59 Å². The van der Waals surface area contributed by atoms with Gasteiger partial charge >= 0.3 is 11.9 Å². The number of thiophene rings is 1. The van der Waals surface area contributed by atoms with Crippen LogP contribution in [0, 0.1) is 11.3 Å². The van der Waals surface area contributed by atoms with Crippen LogP contribution in [0.4, 0.5) is 5.00 Å². The highest BCUT2D eigenvalue weighted by molar-refractivity contribution is 7.18. The fraction of sp³-hybridized carbons (Fsp3) is 0.278. The lowest BCUT2D eigenvalue weighted by atomic mass is 10.1. The molecule has 3 rings (SSSR count). The van der Waals surface area contributed by atoms with Crippen LogP contribution in [0.3, 0.4) is 0 Å². The Morgan fingerprint density at radius 1 is 1.33 bits per heavy atom. The van der Waals surface area contributed by atoms with Crippen LogP contribution in [0.2, 0.25) is 0 Å². The van der Waals surface area contributed by atoms with Crippen molar-refractivity contribution in [1.29, 1.82) is 5.26 Å². The van der Waals surface area contributed by atoms with Crippen molar-refractivity contribution in [3.63, 3.8) is 0 Å². The van der Waals surface area contributed by atoms with E-state index in [0.717, 1.165) is 11.3 Å². The molecule has 0 spiro atoms. The van der Waals surface area contributed by atoms with E-state index in [0.29, 0.717) is 11.5 Å². The molecular formula is C18H16N2O6S. The number of carbonyl (C=O) groups excluding carboxylic acids is 2. The lowest BCUT2D eigenvalue weighted by Crippen LogP contribution is -2.37. The number of nitrogens with two attached hydrogens (primary N) is 1. The Kier molecular flexibility index (Phi) is 5.47. The zero-order valence-corrected chi connectivity index (χ0v) is 15.2. The highest BCUT2D eigenvalue weighted by Gasteiger charge is 2.30. The molecule has 0 bridgehead atoms. The summed E-state index contributed by atoms with van der Waals surface area (Å²) < 4.78 is 21.3. The number of esters is 2. The van der Waals surface area contributed by atoms with E-state index in [-0.39, 0.29) is 40.8 Å². The lowest BCUT2D eigenvalue weighted by molar-refractivity contribution is -0.155. The molecule has 0 amide bonds. The quantitative estimate of drug-likeness (QED) is 0.774. The number of benzene rings is 1. The summed E-state index contributed by atoms with van der Waals surface area (Å²) in [4.78, 5) is 24.6. The first-order valence-corrected chi connectivity index (χ1v) is 8.90. The maximum absolute atomic E-state index is 12.3. The van der Waals surface area contributed by atoms with E-state index in [1.807, 2.05) is 6.07 Å². The molecule has 1 aliphatic rings. The third-order valence-corrected chi connectivity index (χ3v) is 4.78. The number of hydrogen-bond acceptors (Lipinski definition) is 9. The molecule has 27 heavy (non-hydrogen) atoms. The third kappa shape index (κ3) is 3.80. The fourth-order valence-electron chi connectivity index (χ4n) is 2.48. The van der Waals surface area contributed by atoms with Crippen molar-refractivity contribution in [2.45, 2.75) is 19.6 Å². The first kappa shape index (κ1) is 18.5. The van der Waals surface area contributed by atoms with Crippen LogP contribution in [0.5, 0.6) is 11.5 Å². The lowest BCUT2D eigenvalue weighted by Gasteiger charge is -2.24. The Morgan fingerprint density at radius 3 is 2.78 bits per heavy atom. The van der Waals surface area contributed by atoms with E-state index >= 15 is 0 Å². The van der Waals surface area contributed by atoms with Gasteiger partial charge in [0.05, 0.1) is 12.2 Å². The predicted molar refractivity (Wildman–Crippen MR) is 95.6 cm³/mol. The number of rotatable bonds is 5. The molecule has 1 aliphatic heterocycles. The average Bonchev–Trinajstić information content (AvgIpc) is 3.01. The van der Waals surface area contributed by atoms with E-state index < -0.39 is 18.0 Å². The van der Waals surface area contributed by atoms with Gasteiger partial charge in [-0.1, -0.05) is 12.1 Å². The summed E-state index contributed by atoms with van der Waals surface area (Å²) in [6.45, 7) is 1.53. The molecule has 1 aromatic heterocycles. The van der Waals surface area contributed by atoms with Gasteiger partial charge in [0.2, 0.25) is 6.10 Å². The normalized spacial score (nSPS) is 14.9. The second-order valence-electron chi connectivity index (χ2n) is 5.45. The maximum atomic E-state index is 12.3. The molecule has 2 N–H and O–H groups in total. The maximum Gasteiger partial charge on any atom is 0.351 e. The molecule has 0 saturated heterocycles. The summed E-state index contributed by atoms with van der Waals surface area (Å²) in [6, 6.07) is 8.89. The highest BCUT2D eigenvalue weighted by Crippen LogP contribution is 2.33. The topological polar surface area (TPSA) is 121 Å². The van der Waals surface area contributed by atoms with Crippen LogP contribution >= 0.6 is 11.3 Å². The number of nitriles is 1. The van der Waals surface area contributed by atoms with Gasteiger partial charge < -0.3 is 24.7 Å². The molecule has 2 aromatic rings. The van der Waals surface area contributed by atoms with Gasteiger partial charge in [-0.15, -0.1) is 11.3 Å². The first-order chi connectivity index (χ1) is 13.0. The van der Waals surface area contributed by atoms with Gasteiger partial charge in [0.15, 0.2) is 11.5 Å². The molecule has 1 aromatic carbocycles. The van der Waals surface area contributed by atoms with E-state index in [9.17, 15) is 14.9 Å². The number of carbonyl (C=O) groups is 2. The van der Waals surface area contributed by atoms with Crippen LogP contribution in [-0.4, -0.2) is 31.3 Å². The molecule has 0 radical (unpaired) electrons. The van der Waals surface area contributed by atoms with Crippen molar-refractivity contribution in [1.82, 2.24) is 0 Å². The van der Waals surface area contributed by atoms with Gasteiger partial charge in [0, 0.05) is 5.56 Å². The number of ether oxygens (including phenoxy) is 4. The minimum Gasteiger partial charge on any atom is -0.485 e. The predicted octanol–water partition coefficient (Wildman–Crippen LogP) is 2.26. The minimum absolute atomic E-state index is 0.00252. The third-order valence-electron chi connectivity index (χ3n) is 3.74. The van der Waals surface area contributed by atoms with Gasteiger partial charge in [-0.3, -0.25) is 0 Å². The summed E-state index contributed by atoms with van der Waals surface area (Å²) in [5, 5.41) is 9.45. The van der Waals surface area contributed by atoms with Crippen molar-refractivity contribution < 1.29 is 28.5 Å². The summed E-state index contributed by atoms with van der Waals surface area (Å²) in [6.07, 6.45) is -0.951. The second kappa shape index (κ2) is 7.97. The largest absolute Gasteiger partial charge is 0.485 e. The Morgan fingerprint density at radius 2 is 2.07 bits per heavy atom. The number of fused-ring (bicyclic) bond motifs is 1. The van der Waals surface area contributed by atoms with Gasteiger partial charge in [0.1, 0.15) is 29.2 Å². The summed E-state index contributed by atoms with van der Waals surface area (Å²) in [5.41, 5.74) is 6.12. The van der Waals surface area contributed by atoms with Crippen LogP contribution in [0.25, 0.3) is 0 Å². The van der Waals surface area contributed by atoms with Gasteiger partial charge in [-0.05, 0) is 19.1 Å². The van der Waals surface area contributed by atoms with Crippen LogP contribution in [0.15, 0.2) is 24.3 Å². The number of hydrogen-bond donors (Lipinski definition) is 1. The molecule has 0 aliphatic carbocycles. The van der Waals surface area contributed by atoms with Crippen molar-refractivity contribution in [3.05, 3.63) is 40.3 Å². The molecule has 0 unspecified atom stereocenters. The van der Waals surface area contributed by atoms with Crippen LogP contribution in [-0.2, 0) is 20.9 Å². The van der Waals surface area contributed by atoms with Crippen molar-refractivity contribution >= 4 is 28.3 Å². The van der Waals surface area contributed by atoms with E-state index in [2.05, 4.69) is 0 Å². The van der Waals surface area contributed by atoms with Crippen LogP contribution < -0.4 is 15.2 Å². The number of nitrogens with zero attached hydrogens (tertiary/aromatic N) is 1. The monoisotopic (exact) mass is 388 g/mol. The van der Waals surface area contributed by atoms with E-state index in [4.69, 9.17) is 24.7 Å². The summed E-state index contributed by atoms with van der Waals surface area (Å²) >= 11 is 0.925. The SMILES string of the molecule is CCOC(=O)c1sc(N)c(C#N)c1COC(=O)[C@@H]1COc2ccccc2O1. The summed E-state index contributed by atoms with van der Waals surface area (Å²) in [5.74, 6) is -0.306. The first-order valence-electron chi connectivity index (χ1n) is 8.08. The molecule has 8 nitrogen and oxygen atoms in total. The number of nitrogen functional groups attached to an aromatic ring is 1. The van der Waals surface area contributed by atoms with Gasteiger partial charge in [-0.2, -0.15) is 5.26 Å². The average molecular weight is 388 g/mol. The standard InChI is InChI=1S/C18H16N2O6S/c1-2-23-18(22)15-11(10(7-19)16(20)27-15)8-25-17(21)14-9-24-12-5-3-4-6-13(12)26-14/h3-6,14H,2,8-9,20H2,1H3/t14-/m0/s1. The zero-order valence-electron chi connectivity index (χ0n) is 14.4. The molecule has 140 valence electrons. The molecule has 2 heterocycles. The Hall–Kier alpha value is -3.25. The molecule has 9 heteroatoms. The molecule has 0 saturated carbocycles. The zero-order chi connectivity index (χ0) is 19.4. The molecule has 0 fully saturated rings. The van der Waals surface area contributed by atoms with Crippen molar-refractivity contribution in [3.8, 4) is 17.6 Å². The van der Waals surface area contributed by atoms with Crippen molar-refractivity contribution in [2.24, 2.45) is 0 Å². The van der Waals surface area contributed by atoms with E-state index in [1.54, 1.807) is 31.2 Å². The molecule has 1 atom stereocenters. The number of para-hydroxylation sites is 2. The Labute approximate surface area is 159 Å². The minimum atomic E-state index is -0.951. The second-order valence-corrected chi connectivity index (χ2v) is 6.51. The highest BCUT2D eigenvalue weighted by atomic mass is 32.1. The summed E-state index contributed by atoms with van der Waals surface area (Å²) in [7, 11) is 0. The smallest absolute Gasteiger partial charge is 0.351 e. The Bertz CT molecular complexity index is 917. The van der Waals surface area contributed by atoms with Crippen molar-refractivity contribution in [2.75, 3.05) is 18.9 Å². The van der Waals surface area contributed by atoms with E-state index in [1.165, 1.54) is 0 Å². The Balaban J connectivity index is 1.72. The number of anilines is 1. The van der Waals surface area contributed by atoms with Crippen LogP contribution in [0.1, 0.15) is 27.7 Å².